The number of nitrogens with two attached hydrogens (primary N) is 1. The standard InChI is InChI=1S/C14H28N2O3.ClH/c1-9(2)6-10(7-11(17)18)8-16-13(19)12(15)14(3,4)5;/h9-10,12H,6-8,15H2,1-5H3,(H,16,19)(H,17,18);1H. The van der Waals surface area contributed by atoms with Crippen LogP contribution in [0.15, 0.2) is 0 Å². The molecule has 0 aliphatic rings. The zero-order valence-corrected chi connectivity index (χ0v) is 13.9. The largest absolute Gasteiger partial charge is 0.481 e. The van der Waals surface area contributed by atoms with Crippen LogP contribution in [-0.2, 0) is 9.59 Å². The van der Waals surface area contributed by atoms with Crippen molar-refractivity contribution in [1.82, 2.24) is 5.32 Å². The monoisotopic (exact) mass is 308 g/mol. The summed E-state index contributed by atoms with van der Waals surface area (Å²) in [6.07, 6.45) is 0.848. The van der Waals surface area contributed by atoms with Crippen LogP contribution in [0.5, 0.6) is 0 Å². The predicted molar refractivity (Wildman–Crippen MR) is 82.9 cm³/mol. The third-order valence-electron chi connectivity index (χ3n) is 3.05. The van der Waals surface area contributed by atoms with Crippen LogP contribution < -0.4 is 11.1 Å². The second kappa shape index (κ2) is 9.19. The number of nitrogens with one attached hydrogen (secondary N) is 1. The summed E-state index contributed by atoms with van der Waals surface area (Å²) in [4.78, 5) is 22.7. The fourth-order valence-corrected chi connectivity index (χ4v) is 1.90. The van der Waals surface area contributed by atoms with Crippen LogP contribution in [0, 0.1) is 17.3 Å². The average molecular weight is 309 g/mol. The highest BCUT2D eigenvalue weighted by Gasteiger charge is 2.27. The highest BCUT2D eigenvalue weighted by molar-refractivity contribution is 5.85. The van der Waals surface area contributed by atoms with E-state index in [9.17, 15) is 9.59 Å². The molecule has 0 saturated heterocycles. The number of amides is 1. The van der Waals surface area contributed by atoms with Gasteiger partial charge in [0, 0.05) is 13.0 Å². The molecular formula is C14H29ClN2O3. The SMILES string of the molecule is CC(C)CC(CNC(=O)C(N)C(C)(C)C)CC(=O)O.Cl. The van der Waals surface area contributed by atoms with E-state index in [-0.39, 0.29) is 36.1 Å². The number of carbonyl (C=O) groups is 2. The van der Waals surface area contributed by atoms with Crippen molar-refractivity contribution in [2.75, 3.05) is 6.54 Å². The van der Waals surface area contributed by atoms with Gasteiger partial charge in [-0.3, -0.25) is 9.59 Å². The normalized spacial score (nSPS) is 14.3. The Morgan fingerprint density at radius 3 is 2.10 bits per heavy atom. The summed E-state index contributed by atoms with van der Waals surface area (Å²) in [6.45, 7) is 10.2. The highest BCUT2D eigenvalue weighted by Crippen LogP contribution is 2.18. The van der Waals surface area contributed by atoms with Gasteiger partial charge in [-0.1, -0.05) is 34.6 Å². The molecule has 0 bridgehead atoms. The number of carboxylic acid groups (broad SMARTS) is 1. The van der Waals surface area contributed by atoms with Crippen molar-refractivity contribution >= 4 is 24.3 Å². The van der Waals surface area contributed by atoms with Crippen molar-refractivity contribution in [3.63, 3.8) is 0 Å². The smallest absolute Gasteiger partial charge is 0.303 e. The molecule has 2 atom stereocenters. The molecule has 0 aromatic rings. The molecule has 0 aromatic heterocycles. The second-order valence-corrected chi connectivity index (χ2v) is 6.68. The summed E-state index contributed by atoms with van der Waals surface area (Å²) in [6, 6.07) is -0.586. The minimum atomic E-state index is -0.833. The predicted octanol–water partition coefficient (Wildman–Crippen LogP) is 2.03. The summed E-state index contributed by atoms with van der Waals surface area (Å²) in [5.74, 6) is -0.696. The topological polar surface area (TPSA) is 92.4 Å². The van der Waals surface area contributed by atoms with Gasteiger partial charge in [0.15, 0.2) is 0 Å². The molecule has 0 heterocycles. The van der Waals surface area contributed by atoms with Crippen molar-refractivity contribution < 1.29 is 14.7 Å². The molecule has 0 aliphatic heterocycles. The van der Waals surface area contributed by atoms with Crippen molar-refractivity contribution in [2.24, 2.45) is 23.0 Å². The first-order valence-electron chi connectivity index (χ1n) is 6.79. The minimum absolute atomic E-state index is 0. The minimum Gasteiger partial charge on any atom is -0.481 e. The first kappa shape index (κ1) is 21.5. The fourth-order valence-electron chi connectivity index (χ4n) is 1.90. The lowest BCUT2D eigenvalue weighted by molar-refractivity contribution is -0.138. The molecule has 5 nitrogen and oxygen atoms in total. The van der Waals surface area contributed by atoms with E-state index in [1.165, 1.54) is 0 Å². The van der Waals surface area contributed by atoms with Crippen LogP contribution >= 0.6 is 12.4 Å². The zero-order valence-electron chi connectivity index (χ0n) is 13.1. The van der Waals surface area contributed by atoms with Crippen molar-refractivity contribution in [2.45, 2.75) is 53.5 Å². The Morgan fingerprint density at radius 1 is 1.25 bits per heavy atom. The van der Waals surface area contributed by atoms with Crippen LogP contribution in [-0.4, -0.2) is 29.6 Å². The Bertz CT molecular complexity index is 314. The van der Waals surface area contributed by atoms with Crippen LogP contribution in [0.4, 0.5) is 0 Å². The molecule has 0 spiro atoms. The Labute approximate surface area is 128 Å². The van der Waals surface area contributed by atoms with Gasteiger partial charge < -0.3 is 16.2 Å². The van der Waals surface area contributed by atoms with Crippen molar-refractivity contribution in [1.29, 1.82) is 0 Å². The summed E-state index contributed by atoms with van der Waals surface area (Å²) in [5, 5.41) is 11.6. The molecule has 120 valence electrons. The number of carboxylic acids is 1. The van der Waals surface area contributed by atoms with E-state index in [2.05, 4.69) is 5.32 Å². The lowest BCUT2D eigenvalue weighted by Gasteiger charge is -2.27. The summed E-state index contributed by atoms with van der Waals surface area (Å²) < 4.78 is 0. The second-order valence-electron chi connectivity index (χ2n) is 6.68. The Kier molecular flexibility index (Phi) is 9.87. The average Bonchev–Trinajstić information content (AvgIpc) is 2.21. The van der Waals surface area contributed by atoms with E-state index >= 15 is 0 Å². The molecule has 6 heteroatoms. The molecule has 20 heavy (non-hydrogen) atoms. The maximum atomic E-state index is 11.9. The van der Waals surface area contributed by atoms with E-state index < -0.39 is 12.0 Å². The van der Waals surface area contributed by atoms with Gasteiger partial charge in [-0.25, -0.2) is 0 Å². The molecule has 0 radical (unpaired) electrons. The lowest BCUT2D eigenvalue weighted by Crippen LogP contribution is -2.49. The molecule has 0 saturated carbocycles. The fraction of sp³-hybridized carbons (Fsp3) is 0.857. The summed E-state index contributed by atoms with van der Waals surface area (Å²) in [5.41, 5.74) is 5.55. The molecular weight excluding hydrogens is 280 g/mol. The summed E-state index contributed by atoms with van der Waals surface area (Å²) >= 11 is 0. The van der Waals surface area contributed by atoms with Gasteiger partial charge in [0.05, 0.1) is 6.04 Å². The number of aliphatic carboxylic acids is 1. The molecule has 0 aliphatic carbocycles. The van der Waals surface area contributed by atoms with Crippen LogP contribution in [0.3, 0.4) is 0 Å². The van der Waals surface area contributed by atoms with Crippen molar-refractivity contribution in [3.05, 3.63) is 0 Å². The van der Waals surface area contributed by atoms with Crippen LogP contribution in [0.25, 0.3) is 0 Å². The Morgan fingerprint density at radius 2 is 1.75 bits per heavy atom. The zero-order chi connectivity index (χ0) is 15.2. The van der Waals surface area contributed by atoms with Gasteiger partial charge >= 0.3 is 5.97 Å². The number of halogens is 1. The van der Waals surface area contributed by atoms with Crippen LogP contribution in [0.2, 0.25) is 0 Å². The lowest BCUT2D eigenvalue weighted by atomic mass is 9.86. The molecule has 0 rings (SSSR count). The van der Waals surface area contributed by atoms with Crippen molar-refractivity contribution in [3.8, 4) is 0 Å². The van der Waals surface area contributed by atoms with Crippen LogP contribution in [0.1, 0.15) is 47.5 Å². The van der Waals surface area contributed by atoms with Gasteiger partial charge in [-0.15, -0.1) is 12.4 Å². The summed E-state index contributed by atoms with van der Waals surface area (Å²) in [7, 11) is 0. The molecule has 1 amide bonds. The number of hydrogen-bond donors (Lipinski definition) is 3. The Balaban J connectivity index is 0. The van der Waals surface area contributed by atoms with Gasteiger partial charge in [0.1, 0.15) is 0 Å². The third kappa shape index (κ3) is 9.15. The molecule has 4 N–H and O–H groups in total. The van der Waals surface area contributed by atoms with Gasteiger partial charge in [-0.05, 0) is 23.7 Å². The van der Waals surface area contributed by atoms with Gasteiger partial charge in [0.25, 0.3) is 0 Å². The first-order valence-corrected chi connectivity index (χ1v) is 6.79. The van der Waals surface area contributed by atoms with E-state index in [1.54, 1.807) is 0 Å². The van der Waals surface area contributed by atoms with E-state index in [0.717, 1.165) is 6.42 Å². The molecule has 2 unspecified atom stereocenters. The van der Waals surface area contributed by atoms with E-state index in [4.69, 9.17) is 10.8 Å². The van der Waals surface area contributed by atoms with E-state index in [1.807, 2.05) is 34.6 Å². The number of rotatable bonds is 7. The quantitative estimate of drug-likeness (QED) is 0.671. The highest BCUT2D eigenvalue weighted by atomic mass is 35.5. The van der Waals surface area contributed by atoms with Gasteiger partial charge in [-0.2, -0.15) is 0 Å². The van der Waals surface area contributed by atoms with Gasteiger partial charge in [0.2, 0.25) is 5.91 Å². The maximum absolute atomic E-state index is 11.9. The number of carbonyl (C=O) groups excluding carboxylic acids is 1. The Hall–Kier alpha value is -0.810. The maximum Gasteiger partial charge on any atom is 0.303 e. The third-order valence-corrected chi connectivity index (χ3v) is 3.05. The number of hydrogen-bond acceptors (Lipinski definition) is 3. The molecule has 0 fully saturated rings. The van der Waals surface area contributed by atoms with E-state index in [0.29, 0.717) is 12.5 Å². The first-order chi connectivity index (χ1) is 8.54. The molecule has 0 aromatic carbocycles.